The minimum atomic E-state index is -0.869. The molecule has 19 heavy (non-hydrogen) atoms. The number of aliphatic carboxylic acids is 1. The Morgan fingerprint density at radius 2 is 1.95 bits per heavy atom. The monoisotopic (exact) mass is 271 g/mol. The summed E-state index contributed by atoms with van der Waals surface area (Å²) in [7, 11) is 4.05. The highest BCUT2D eigenvalue weighted by Crippen LogP contribution is 2.35. The predicted octanol–water partition coefficient (Wildman–Crippen LogP) is 0.881. The number of carbonyl (C=O) groups excluding carboxylic acids is 1. The topological polar surface area (TPSA) is 81.7 Å². The SMILES string of the molecule is CCC(CNC(=O)NCC1(N(C)C)CCC1)C(=O)O. The molecular formula is C13H25N3O3. The highest BCUT2D eigenvalue weighted by molar-refractivity contribution is 5.75. The first-order valence-corrected chi connectivity index (χ1v) is 6.83. The summed E-state index contributed by atoms with van der Waals surface area (Å²) in [5.41, 5.74) is 0.0777. The predicted molar refractivity (Wildman–Crippen MR) is 73.1 cm³/mol. The van der Waals surface area contributed by atoms with Crippen LogP contribution in [-0.4, -0.2) is 54.7 Å². The molecule has 2 amide bonds. The van der Waals surface area contributed by atoms with Gasteiger partial charge in [-0.05, 0) is 39.8 Å². The molecule has 0 saturated heterocycles. The van der Waals surface area contributed by atoms with Gasteiger partial charge in [-0.1, -0.05) is 6.92 Å². The highest BCUT2D eigenvalue weighted by atomic mass is 16.4. The van der Waals surface area contributed by atoms with Crippen molar-refractivity contribution < 1.29 is 14.7 Å². The van der Waals surface area contributed by atoms with E-state index in [1.807, 2.05) is 14.1 Å². The number of carboxylic acid groups (broad SMARTS) is 1. The average molecular weight is 271 g/mol. The van der Waals surface area contributed by atoms with E-state index in [1.54, 1.807) is 6.92 Å². The number of carboxylic acids is 1. The Labute approximate surface area is 114 Å². The van der Waals surface area contributed by atoms with Gasteiger partial charge in [0, 0.05) is 18.6 Å². The summed E-state index contributed by atoms with van der Waals surface area (Å²) in [5, 5.41) is 14.4. The van der Waals surface area contributed by atoms with Gasteiger partial charge in [0.15, 0.2) is 0 Å². The number of nitrogens with one attached hydrogen (secondary N) is 2. The lowest BCUT2D eigenvalue weighted by Crippen LogP contribution is -2.58. The Bertz CT molecular complexity index is 327. The van der Waals surface area contributed by atoms with Crippen molar-refractivity contribution >= 4 is 12.0 Å². The van der Waals surface area contributed by atoms with Gasteiger partial charge in [0.1, 0.15) is 0 Å². The van der Waals surface area contributed by atoms with E-state index in [0.29, 0.717) is 13.0 Å². The molecule has 1 rings (SSSR count). The molecule has 1 atom stereocenters. The van der Waals surface area contributed by atoms with Crippen LogP contribution in [0.25, 0.3) is 0 Å². The Morgan fingerprint density at radius 1 is 1.32 bits per heavy atom. The lowest BCUT2D eigenvalue weighted by Gasteiger charge is -2.47. The van der Waals surface area contributed by atoms with Crippen LogP contribution >= 0.6 is 0 Å². The van der Waals surface area contributed by atoms with Crippen molar-refractivity contribution in [3.05, 3.63) is 0 Å². The van der Waals surface area contributed by atoms with Crippen LogP contribution in [0, 0.1) is 5.92 Å². The molecule has 0 heterocycles. The zero-order chi connectivity index (χ0) is 14.5. The maximum atomic E-state index is 11.7. The van der Waals surface area contributed by atoms with E-state index in [9.17, 15) is 9.59 Å². The van der Waals surface area contributed by atoms with Gasteiger partial charge in [0.2, 0.25) is 0 Å². The summed E-state index contributed by atoms with van der Waals surface area (Å²) in [6, 6.07) is -0.284. The van der Waals surface area contributed by atoms with Crippen LogP contribution in [0.5, 0.6) is 0 Å². The van der Waals surface area contributed by atoms with E-state index in [4.69, 9.17) is 5.11 Å². The fraction of sp³-hybridized carbons (Fsp3) is 0.846. The van der Waals surface area contributed by atoms with Crippen molar-refractivity contribution in [2.24, 2.45) is 5.92 Å². The highest BCUT2D eigenvalue weighted by Gasteiger charge is 2.39. The standard InChI is InChI=1S/C13H25N3O3/c1-4-10(11(17)18)8-14-12(19)15-9-13(16(2)3)6-5-7-13/h10H,4-9H2,1-3H3,(H,17,18)(H2,14,15,19). The zero-order valence-electron chi connectivity index (χ0n) is 12.0. The van der Waals surface area contributed by atoms with Crippen molar-refractivity contribution in [3.63, 3.8) is 0 Å². The minimum absolute atomic E-state index is 0.0777. The summed E-state index contributed by atoms with van der Waals surface area (Å²) in [4.78, 5) is 24.6. The van der Waals surface area contributed by atoms with Crippen molar-refractivity contribution in [1.82, 2.24) is 15.5 Å². The zero-order valence-corrected chi connectivity index (χ0v) is 12.0. The van der Waals surface area contributed by atoms with Crippen LogP contribution < -0.4 is 10.6 Å². The molecule has 1 aliphatic carbocycles. The second-order valence-corrected chi connectivity index (χ2v) is 5.48. The second-order valence-electron chi connectivity index (χ2n) is 5.48. The molecular weight excluding hydrogens is 246 g/mol. The van der Waals surface area contributed by atoms with Crippen molar-refractivity contribution in [2.75, 3.05) is 27.2 Å². The quantitative estimate of drug-likeness (QED) is 0.642. The van der Waals surface area contributed by atoms with Crippen LogP contribution in [0.15, 0.2) is 0 Å². The molecule has 1 unspecified atom stereocenters. The van der Waals surface area contributed by atoms with E-state index >= 15 is 0 Å². The molecule has 0 radical (unpaired) electrons. The van der Waals surface area contributed by atoms with E-state index in [0.717, 1.165) is 12.8 Å². The normalized spacial score (nSPS) is 18.5. The molecule has 1 aliphatic rings. The first kappa shape index (κ1) is 15.8. The van der Waals surface area contributed by atoms with Gasteiger partial charge in [0.05, 0.1) is 5.92 Å². The first-order valence-electron chi connectivity index (χ1n) is 6.83. The summed E-state index contributed by atoms with van der Waals surface area (Å²) in [5.74, 6) is -1.39. The lowest BCUT2D eigenvalue weighted by atomic mass is 9.75. The van der Waals surface area contributed by atoms with Crippen LogP contribution in [0.2, 0.25) is 0 Å². The lowest BCUT2D eigenvalue weighted by molar-refractivity contribution is -0.141. The summed E-state index contributed by atoms with van der Waals surface area (Å²) in [6.45, 7) is 2.58. The fourth-order valence-electron chi connectivity index (χ4n) is 2.30. The van der Waals surface area contributed by atoms with Crippen molar-refractivity contribution in [1.29, 1.82) is 0 Å². The molecule has 0 aromatic rings. The van der Waals surface area contributed by atoms with Gasteiger partial charge < -0.3 is 20.6 Å². The van der Waals surface area contributed by atoms with Gasteiger partial charge >= 0.3 is 12.0 Å². The minimum Gasteiger partial charge on any atom is -0.481 e. The third-order valence-electron chi connectivity index (χ3n) is 4.16. The Morgan fingerprint density at radius 3 is 2.32 bits per heavy atom. The Kier molecular flexibility index (Phi) is 5.60. The van der Waals surface area contributed by atoms with Crippen LogP contribution in [0.1, 0.15) is 32.6 Å². The van der Waals surface area contributed by atoms with Crippen molar-refractivity contribution in [3.8, 4) is 0 Å². The molecule has 1 fully saturated rings. The average Bonchev–Trinajstić information content (AvgIpc) is 2.27. The number of rotatable bonds is 7. The molecule has 3 N–H and O–H groups in total. The molecule has 0 bridgehead atoms. The maximum Gasteiger partial charge on any atom is 0.314 e. The number of amides is 2. The number of hydrogen-bond acceptors (Lipinski definition) is 3. The van der Waals surface area contributed by atoms with E-state index in [1.165, 1.54) is 6.42 Å². The van der Waals surface area contributed by atoms with Crippen LogP contribution in [0.3, 0.4) is 0 Å². The van der Waals surface area contributed by atoms with E-state index < -0.39 is 11.9 Å². The first-order chi connectivity index (χ1) is 8.91. The van der Waals surface area contributed by atoms with Crippen LogP contribution in [0.4, 0.5) is 4.79 Å². The number of hydrogen-bond donors (Lipinski definition) is 3. The maximum absolute atomic E-state index is 11.7. The molecule has 0 aliphatic heterocycles. The van der Waals surface area contributed by atoms with Gasteiger partial charge in [-0.15, -0.1) is 0 Å². The third-order valence-corrected chi connectivity index (χ3v) is 4.16. The van der Waals surface area contributed by atoms with Gasteiger partial charge in [-0.25, -0.2) is 4.79 Å². The van der Waals surface area contributed by atoms with Gasteiger partial charge in [-0.2, -0.15) is 0 Å². The fourth-order valence-corrected chi connectivity index (χ4v) is 2.30. The molecule has 6 nitrogen and oxygen atoms in total. The number of urea groups is 1. The summed E-state index contributed by atoms with van der Waals surface area (Å²) < 4.78 is 0. The van der Waals surface area contributed by atoms with Gasteiger partial charge in [-0.3, -0.25) is 4.79 Å². The Balaban J connectivity index is 2.30. The third kappa shape index (κ3) is 4.09. The van der Waals surface area contributed by atoms with E-state index in [-0.39, 0.29) is 18.1 Å². The summed E-state index contributed by atoms with van der Waals surface area (Å²) in [6.07, 6.45) is 3.88. The van der Waals surface area contributed by atoms with Gasteiger partial charge in [0.25, 0.3) is 0 Å². The molecule has 0 aromatic carbocycles. The summed E-state index contributed by atoms with van der Waals surface area (Å²) >= 11 is 0. The molecule has 0 spiro atoms. The number of likely N-dealkylation sites (N-methyl/N-ethyl adjacent to an activating group) is 1. The van der Waals surface area contributed by atoms with Crippen LogP contribution in [-0.2, 0) is 4.79 Å². The number of carbonyl (C=O) groups is 2. The molecule has 1 saturated carbocycles. The Hall–Kier alpha value is -1.30. The van der Waals surface area contributed by atoms with Crippen molar-refractivity contribution in [2.45, 2.75) is 38.1 Å². The smallest absolute Gasteiger partial charge is 0.314 e. The largest absolute Gasteiger partial charge is 0.481 e. The molecule has 110 valence electrons. The van der Waals surface area contributed by atoms with E-state index in [2.05, 4.69) is 15.5 Å². The molecule has 6 heteroatoms. The second kappa shape index (κ2) is 6.75. The molecule has 0 aromatic heterocycles. The number of nitrogens with zero attached hydrogens (tertiary/aromatic N) is 1.